The van der Waals surface area contributed by atoms with E-state index in [0.717, 1.165) is 47.2 Å². The lowest BCUT2D eigenvalue weighted by Crippen LogP contribution is -2.35. The van der Waals surface area contributed by atoms with Gasteiger partial charge in [0, 0.05) is 24.8 Å². The van der Waals surface area contributed by atoms with Crippen LogP contribution in [0.4, 0.5) is 13.2 Å². The second-order valence-corrected chi connectivity index (χ2v) is 11.3. The minimum absolute atomic E-state index is 0.0472. The predicted octanol–water partition coefficient (Wildman–Crippen LogP) is 6.62. The average Bonchev–Trinajstić information content (AvgIpc) is 2.78. The molecule has 0 saturated carbocycles. The molecule has 8 heteroatoms. The van der Waals surface area contributed by atoms with Crippen LogP contribution in [0.25, 0.3) is 5.57 Å². The first-order valence-electron chi connectivity index (χ1n) is 11.8. The van der Waals surface area contributed by atoms with Crippen LogP contribution in [0, 0.1) is 18.3 Å². The molecule has 0 spiro atoms. The summed E-state index contributed by atoms with van der Waals surface area (Å²) in [6, 6.07) is 6.11. The summed E-state index contributed by atoms with van der Waals surface area (Å²) < 4.78 is 51.3. The van der Waals surface area contributed by atoms with Crippen molar-refractivity contribution in [3.8, 4) is 0 Å². The van der Waals surface area contributed by atoms with Gasteiger partial charge in [0.2, 0.25) is 0 Å². The minimum atomic E-state index is -4.51. The molecule has 0 aliphatic heterocycles. The summed E-state index contributed by atoms with van der Waals surface area (Å²) in [7, 11) is -1.66. The highest BCUT2D eigenvalue weighted by atomic mass is 32.2. The van der Waals surface area contributed by atoms with E-state index < -0.39 is 28.0 Å². The average molecular weight is 508 g/mol. The third-order valence-electron chi connectivity index (χ3n) is 6.80. The number of aryl methyl sites for hydroxylation is 3. The van der Waals surface area contributed by atoms with Gasteiger partial charge >= 0.3 is 6.18 Å². The third kappa shape index (κ3) is 5.85. The Kier molecular flexibility index (Phi) is 7.94. The highest BCUT2D eigenvalue weighted by Gasteiger charge is 2.40. The van der Waals surface area contributed by atoms with Crippen LogP contribution < -0.4 is 0 Å². The number of carbonyl (C=O) groups is 1. The highest BCUT2D eigenvalue weighted by molar-refractivity contribution is 7.85. The number of alkyl halides is 3. The van der Waals surface area contributed by atoms with Gasteiger partial charge in [-0.15, -0.1) is 0 Å². The molecule has 35 heavy (non-hydrogen) atoms. The molecular weight excluding hydrogens is 475 g/mol. The molecule has 0 bridgehead atoms. The SMILES string of the molecule is CCc1cc(C)cc(CC)c1C1=C(O)CC(C(C)(C)CS(=O)c2ccc(C(F)(F)F)cn2)CC1=O. The van der Waals surface area contributed by atoms with Gasteiger partial charge in [-0.1, -0.05) is 45.4 Å². The lowest BCUT2D eigenvalue weighted by Gasteiger charge is -2.37. The lowest BCUT2D eigenvalue weighted by atomic mass is 9.70. The molecule has 1 N–H and O–H groups in total. The molecule has 4 nitrogen and oxygen atoms in total. The van der Waals surface area contributed by atoms with Crippen molar-refractivity contribution < 1.29 is 27.3 Å². The number of halogens is 3. The standard InChI is InChI=1S/C27H32F3NO3S/c1-6-17-10-16(3)11-18(7-2)24(17)25-21(32)12-20(13-22(25)33)26(4,5)15-35(34)23-9-8-19(14-31-23)27(28,29)30/h8-11,14,20,32H,6-7,12-13,15H2,1-5H3. The van der Waals surface area contributed by atoms with Crippen LogP contribution in [0.2, 0.25) is 0 Å². The zero-order valence-electron chi connectivity index (χ0n) is 20.8. The number of carbonyl (C=O) groups excluding carboxylic acids is 1. The fourth-order valence-corrected chi connectivity index (χ4v) is 6.21. The molecule has 2 aromatic rings. The maximum absolute atomic E-state index is 13.4. The van der Waals surface area contributed by atoms with Crippen LogP contribution in [0.1, 0.15) is 68.4 Å². The number of hydrogen-bond acceptors (Lipinski definition) is 4. The molecule has 0 fully saturated rings. The Bertz CT molecular complexity index is 1140. The van der Waals surface area contributed by atoms with E-state index in [1.807, 2.05) is 34.6 Å². The Balaban J connectivity index is 1.86. The topological polar surface area (TPSA) is 67.3 Å². The van der Waals surface area contributed by atoms with Crippen molar-refractivity contribution in [2.24, 2.45) is 11.3 Å². The molecule has 0 saturated heterocycles. The smallest absolute Gasteiger partial charge is 0.417 e. The Morgan fingerprint density at radius 2 is 1.69 bits per heavy atom. The minimum Gasteiger partial charge on any atom is -0.512 e. The van der Waals surface area contributed by atoms with E-state index in [0.29, 0.717) is 11.8 Å². The predicted molar refractivity (Wildman–Crippen MR) is 132 cm³/mol. The third-order valence-corrected chi connectivity index (χ3v) is 8.52. The first-order chi connectivity index (χ1) is 16.3. The van der Waals surface area contributed by atoms with Crippen molar-refractivity contribution in [3.05, 3.63) is 64.0 Å². The Morgan fingerprint density at radius 1 is 1.09 bits per heavy atom. The number of ketones is 1. The van der Waals surface area contributed by atoms with Gasteiger partial charge in [-0.2, -0.15) is 13.2 Å². The van der Waals surface area contributed by atoms with Crippen molar-refractivity contribution in [3.63, 3.8) is 0 Å². The first-order valence-corrected chi connectivity index (χ1v) is 13.1. The van der Waals surface area contributed by atoms with Crippen molar-refractivity contribution >= 4 is 22.2 Å². The zero-order valence-corrected chi connectivity index (χ0v) is 21.6. The number of aliphatic hydroxyl groups is 1. The molecule has 1 aromatic carbocycles. The summed E-state index contributed by atoms with van der Waals surface area (Å²) in [4.78, 5) is 17.1. The summed E-state index contributed by atoms with van der Waals surface area (Å²) >= 11 is 0. The number of benzene rings is 1. The highest BCUT2D eigenvalue weighted by Crippen LogP contribution is 2.43. The number of Topliss-reactive ketones (excluding diaryl/α,β-unsaturated/α-hetero) is 1. The molecule has 3 rings (SSSR count). The van der Waals surface area contributed by atoms with Gasteiger partial charge in [-0.3, -0.25) is 9.00 Å². The Labute approximate surface area is 207 Å². The second kappa shape index (κ2) is 10.2. The molecule has 0 radical (unpaired) electrons. The second-order valence-electron chi connectivity index (χ2n) is 9.88. The molecule has 2 unspecified atom stereocenters. The molecule has 0 amide bonds. The van der Waals surface area contributed by atoms with E-state index in [1.54, 1.807) is 0 Å². The Morgan fingerprint density at radius 3 is 2.14 bits per heavy atom. The maximum Gasteiger partial charge on any atom is 0.417 e. The zero-order chi connectivity index (χ0) is 26.1. The van der Waals surface area contributed by atoms with Crippen molar-refractivity contribution in [2.75, 3.05) is 5.75 Å². The van der Waals surface area contributed by atoms with E-state index in [9.17, 15) is 27.3 Å². The molecular formula is C27H32F3NO3S. The summed E-state index contributed by atoms with van der Waals surface area (Å²) in [5, 5.41) is 11.1. The number of rotatable bonds is 7. The van der Waals surface area contributed by atoms with Crippen LogP contribution in [0.3, 0.4) is 0 Å². The van der Waals surface area contributed by atoms with Gasteiger partial charge < -0.3 is 5.11 Å². The normalized spacial score (nSPS) is 18.2. The van der Waals surface area contributed by atoms with E-state index in [1.165, 1.54) is 0 Å². The van der Waals surface area contributed by atoms with E-state index in [2.05, 4.69) is 17.1 Å². The largest absolute Gasteiger partial charge is 0.512 e. The number of aromatic nitrogens is 1. The van der Waals surface area contributed by atoms with E-state index >= 15 is 0 Å². The van der Waals surface area contributed by atoms with Crippen LogP contribution in [-0.2, 0) is 34.6 Å². The monoisotopic (exact) mass is 507 g/mol. The summed E-state index contributed by atoms with van der Waals surface area (Å²) in [6.07, 6.45) is -1.88. The number of nitrogens with zero attached hydrogens (tertiary/aromatic N) is 1. The summed E-state index contributed by atoms with van der Waals surface area (Å²) in [6.45, 7) is 9.81. The van der Waals surface area contributed by atoms with Crippen molar-refractivity contribution in [1.82, 2.24) is 4.98 Å². The van der Waals surface area contributed by atoms with Gasteiger partial charge in [0.05, 0.1) is 21.9 Å². The van der Waals surface area contributed by atoms with E-state index in [4.69, 9.17) is 0 Å². The van der Waals surface area contributed by atoms with E-state index in [-0.39, 0.29) is 41.1 Å². The molecule has 1 aliphatic rings. The number of allylic oxidation sites excluding steroid dienone is 2. The Hall–Kier alpha value is -2.48. The van der Waals surface area contributed by atoms with Crippen LogP contribution in [0.5, 0.6) is 0 Å². The van der Waals surface area contributed by atoms with Crippen LogP contribution >= 0.6 is 0 Å². The number of hydrogen-bond donors (Lipinski definition) is 1. The van der Waals surface area contributed by atoms with Gasteiger partial charge in [-0.05, 0) is 59.9 Å². The number of aliphatic hydroxyl groups excluding tert-OH is 1. The van der Waals surface area contributed by atoms with Gasteiger partial charge in [0.1, 0.15) is 10.8 Å². The fourth-order valence-electron chi connectivity index (χ4n) is 4.76. The summed E-state index contributed by atoms with van der Waals surface area (Å²) in [5.41, 5.74) is 2.87. The lowest BCUT2D eigenvalue weighted by molar-refractivity contribution is -0.137. The van der Waals surface area contributed by atoms with Gasteiger partial charge in [0.15, 0.2) is 5.78 Å². The number of pyridine rings is 1. The van der Waals surface area contributed by atoms with Crippen molar-refractivity contribution in [2.45, 2.75) is 71.5 Å². The molecule has 190 valence electrons. The van der Waals surface area contributed by atoms with Crippen LogP contribution in [0.15, 0.2) is 41.2 Å². The maximum atomic E-state index is 13.4. The van der Waals surface area contributed by atoms with Crippen LogP contribution in [-0.4, -0.2) is 25.8 Å². The molecule has 2 atom stereocenters. The molecule has 1 aromatic heterocycles. The van der Waals surface area contributed by atoms with Crippen molar-refractivity contribution in [1.29, 1.82) is 0 Å². The van der Waals surface area contributed by atoms with Gasteiger partial charge in [0.25, 0.3) is 0 Å². The first kappa shape index (κ1) is 27.1. The molecule has 1 heterocycles. The molecule has 1 aliphatic carbocycles. The summed E-state index contributed by atoms with van der Waals surface area (Å²) in [5.74, 6) is -0.251. The fraction of sp³-hybridized carbons (Fsp3) is 0.481. The quantitative estimate of drug-likeness (QED) is 0.458. The van der Waals surface area contributed by atoms with Gasteiger partial charge in [-0.25, -0.2) is 4.98 Å².